The summed E-state index contributed by atoms with van der Waals surface area (Å²) in [6.07, 6.45) is 0.761. The van der Waals surface area contributed by atoms with Gasteiger partial charge in [0.2, 0.25) is 5.91 Å². The monoisotopic (exact) mass is 417 g/mol. The Hall–Kier alpha value is -2.18. The highest BCUT2D eigenvalue weighted by Gasteiger charge is 2.25. The molecule has 3 rings (SSSR count). The molecule has 3 amide bonds. The highest BCUT2D eigenvalue weighted by atomic mass is 35.5. The van der Waals surface area contributed by atoms with Gasteiger partial charge in [-0.3, -0.25) is 4.79 Å². The number of nitrogens with zero attached hydrogens (tertiary/aromatic N) is 2. The first-order valence-corrected chi connectivity index (χ1v) is 10.6. The van der Waals surface area contributed by atoms with E-state index >= 15 is 0 Å². The molecule has 1 N–H and O–H groups in total. The predicted octanol–water partition coefficient (Wildman–Crippen LogP) is 4.59. The van der Waals surface area contributed by atoms with Crippen molar-refractivity contribution in [3.8, 4) is 0 Å². The summed E-state index contributed by atoms with van der Waals surface area (Å²) in [5.41, 5.74) is 0.669. The summed E-state index contributed by atoms with van der Waals surface area (Å²) < 4.78 is 0. The van der Waals surface area contributed by atoms with Crippen LogP contribution >= 0.6 is 23.4 Å². The van der Waals surface area contributed by atoms with Crippen molar-refractivity contribution in [2.45, 2.75) is 23.5 Å². The Morgan fingerprint density at radius 1 is 1.00 bits per heavy atom. The molecule has 2 aromatic carbocycles. The third-order valence-corrected chi connectivity index (χ3v) is 5.91. The fourth-order valence-electron chi connectivity index (χ4n) is 3.12. The summed E-state index contributed by atoms with van der Waals surface area (Å²) in [6, 6.07) is 16.9. The summed E-state index contributed by atoms with van der Waals surface area (Å²) in [5.74, 6) is 0.117. The normalized spacial score (nSPS) is 15.6. The van der Waals surface area contributed by atoms with Crippen molar-refractivity contribution in [3.63, 3.8) is 0 Å². The topological polar surface area (TPSA) is 52.7 Å². The number of anilines is 1. The summed E-state index contributed by atoms with van der Waals surface area (Å²) in [5, 5.41) is 3.30. The van der Waals surface area contributed by atoms with Gasteiger partial charge >= 0.3 is 6.03 Å². The Balaban J connectivity index is 1.53. The average Bonchev–Trinajstić information content (AvgIpc) is 2.94. The maximum Gasteiger partial charge on any atom is 0.321 e. The quantitative estimate of drug-likeness (QED) is 0.740. The van der Waals surface area contributed by atoms with Crippen LogP contribution in [-0.4, -0.2) is 53.2 Å². The Bertz CT molecular complexity index is 818. The van der Waals surface area contributed by atoms with Crippen molar-refractivity contribution in [3.05, 3.63) is 59.6 Å². The van der Waals surface area contributed by atoms with Gasteiger partial charge in [-0.15, -0.1) is 11.8 Å². The number of carbonyl (C=O) groups excluding carboxylic acids is 2. The first-order chi connectivity index (χ1) is 13.5. The molecule has 1 unspecified atom stereocenters. The minimum absolute atomic E-state index is 0.117. The van der Waals surface area contributed by atoms with E-state index < -0.39 is 0 Å². The van der Waals surface area contributed by atoms with Gasteiger partial charge in [0.1, 0.15) is 0 Å². The Morgan fingerprint density at radius 2 is 1.71 bits per heavy atom. The highest BCUT2D eigenvalue weighted by molar-refractivity contribution is 8.00. The number of halogens is 1. The lowest BCUT2D eigenvalue weighted by Crippen LogP contribution is -2.41. The maximum atomic E-state index is 12.8. The van der Waals surface area contributed by atoms with Crippen molar-refractivity contribution in [2.24, 2.45) is 0 Å². The summed E-state index contributed by atoms with van der Waals surface area (Å²) in [4.78, 5) is 30.1. The molecule has 1 heterocycles. The van der Waals surface area contributed by atoms with E-state index in [-0.39, 0.29) is 17.2 Å². The van der Waals surface area contributed by atoms with Gasteiger partial charge in [0, 0.05) is 41.8 Å². The van der Waals surface area contributed by atoms with Gasteiger partial charge in [0.05, 0.1) is 5.25 Å². The summed E-state index contributed by atoms with van der Waals surface area (Å²) >= 11 is 7.54. The molecule has 0 radical (unpaired) electrons. The molecule has 0 spiro atoms. The largest absolute Gasteiger partial charge is 0.340 e. The zero-order valence-electron chi connectivity index (χ0n) is 15.8. The molecule has 28 heavy (non-hydrogen) atoms. The molecular weight excluding hydrogens is 394 g/mol. The number of nitrogens with one attached hydrogen (secondary N) is 1. The van der Waals surface area contributed by atoms with Crippen molar-refractivity contribution in [2.75, 3.05) is 31.5 Å². The Kier molecular flexibility index (Phi) is 7.23. The standard InChI is InChI=1S/C21H24ClN3O2S/c1-16(28-19-9-3-2-4-10-19)20(26)24-11-6-12-25(14-13-24)21(27)23-18-8-5-7-17(22)15-18/h2-5,7-10,15-16H,6,11-14H2,1H3,(H,23,27). The fourth-order valence-corrected chi connectivity index (χ4v) is 4.28. The molecule has 1 fully saturated rings. The van der Waals surface area contributed by atoms with Gasteiger partial charge in [-0.05, 0) is 43.7 Å². The van der Waals surface area contributed by atoms with Gasteiger partial charge in [-0.1, -0.05) is 35.9 Å². The molecule has 1 aliphatic heterocycles. The van der Waals surface area contributed by atoms with Crippen LogP contribution in [0.2, 0.25) is 5.02 Å². The molecule has 5 nitrogen and oxygen atoms in total. The predicted molar refractivity (Wildman–Crippen MR) is 115 cm³/mol. The zero-order valence-corrected chi connectivity index (χ0v) is 17.4. The van der Waals surface area contributed by atoms with E-state index in [0.717, 1.165) is 11.3 Å². The van der Waals surface area contributed by atoms with E-state index in [1.165, 1.54) is 0 Å². The summed E-state index contributed by atoms with van der Waals surface area (Å²) in [6.45, 7) is 4.28. The van der Waals surface area contributed by atoms with Crippen molar-refractivity contribution in [1.29, 1.82) is 0 Å². The first-order valence-electron chi connectivity index (χ1n) is 9.35. The van der Waals surface area contributed by atoms with Crippen LogP contribution in [0.3, 0.4) is 0 Å². The van der Waals surface area contributed by atoms with Crippen LogP contribution in [0.4, 0.5) is 10.5 Å². The smallest absolute Gasteiger partial charge is 0.321 e. The molecule has 0 aliphatic carbocycles. The van der Waals surface area contributed by atoms with Crippen LogP contribution in [0.15, 0.2) is 59.5 Å². The zero-order chi connectivity index (χ0) is 19.9. The van der Waals surface area contributed by atoms with Gasteiger partial charge in [0.25, 0.3) is 0 Å². The third-order valence-electron chi connectivity index (χ3n) is 4.57. The Labute approximate surface area is 175 Å². The second kappa shape index (κ2) is 9.85. The molecular formula is C21H24ClN3O2S. The lowest BCUT2D eigenvalue weighted by Gasteiger charge is -2.24. The van der Waals surface area contributed by atoms with Crippen LogP contribution in [-0.2, 0) is 4.79 Å². The van der Waals surface area contributed by atoms with Gasteiger partial charge in [0.15, 0.2) is 0 Å². The van der Waals surface area contributed by atoms with E-state index in [0.29, 0.717) is 36.9 Å². The SMILES string of the molecule is CC(Sc1ccccc1)C(=O)N1CCCN(C(=O)Nc2cccc(Cl)c2)CC1. The molecule has 2 aromatic rings. The number of benzene rings is 2. The van der Waals surface area contributed by atoms with Crippen LogP contribution in [0.1, 0.15) is 13.3 Å². The molecule has 7 heteroatoms. The van der Waals surface area contributed by atoms with Crippen LogP contribution in [0.25, 0.3) is 0 Å². The minimum Gasteiger partial charge on any atom is -0.340 e. The lowest BCUT2D eigenvalue weighted by molar-refractivity contribution is -0.130. The second-order valence-electron chi connectivity index (χ2n) is 6.68. The number of rotatable bonds is 4. The number of amides is 3. The van der Waals surface area contributed by atoms with Crippen molar-refractivity contribution in [1.82, 2.24) is 9.80 Å². The van der Waals surface area contributed by atoms with Gasteiger partial charge in [-0.2, -0.15) is 0 Å². The summed E-state index contributed by atoms with van der Waals surface area (Å²) in [7, 11) is 0. The second-order valence-corrected chi connectivity index (χ2v) is 8.53. The van der Waals surface area contributed by atoms with E-state index in [2.05, 4.69) is 5.32 Å². The lowest BCUT2D eigenvalue weighted by atomic mass is 10.3. The fraction of sp³-hybridized carbons (Fsp3) is 0.333. The molecule has 0 bridgehead atoms. The molecule has 1 saturated heterocycles. The molecule has 1 aliphatic rings. The van der Waals surface area contributed by atoms with Gasteiger partial charge in [-0.25, -0.2) is 4.79 Å². The van der Waals surface area contributed by atoms with Crippen LogP contribution in [0, 0.1) is 0 Å². The van der Waals surface area contributed by atoms with E-state index in [1.54, 1.807) is 40.9 Å². The molecule has 0 saturated carbocycles. The van der Waals surface area contributed by atoms with Crippen molar-refractivity contribution < 1.29 is 9.59 Å². The Morgan fingerprint density at radius 3 is 2.46 bits per heavy atom. The molecule has 1 atom stereocenters. The van der Waals surface area contributed by atoms with E-state index in [9.17, 15) is 9.59 Å². The minimum atomic E-state index is -0.164. The number of thioether (sulfide) groups is 1. The molecule has 148 valence electrons. The first kappa shape index (κ1) is 20.6. The van der Waals surface area contributed by atoms with E-state index in [1.807, 2.05) is 42.2 Å². The average molecular weight is 418 g/mol. The van der Waals surface area contributed by atoms with Crippen LogP contribution in [0.5, 0.6) is 0 Å². The number of hydrogen-bond acceptors (Lipinski definition) is 3. The van der Waals surface area contributed by atoms with Gasteiger partial charge < -0.3 is 15.1 Å². The maximum absolute atomic E-state index is 12.8. The van der Waals surface area contributed by atoms with Crippen molar-refractivity contribution >= 4 is 41.0 Å². The van der Waals surface area contributed by atoms with E-state index in [4.69, 9.17) is 11.6 Å². The number of hydrogen-bond donors (Lipinski definition) is 1. The molecule has 0 aromatic heterocycles. The number of carbonyl (C=O) groups is 2. The highest BCUT2D eigenvalue weighted by Crippen LogP contribution is 2.24. The third kappa shape index (κ3) is 5.66. The van der Waals surface area contributed by atoms with Crippen LogP contribution < -0.4 is 5.32 Å². The number of urea groups is 1.